The van der Waals surface area contributed by atoms with Crippen LogP contribution in [0.5, 0.6) is 0 Å². The van der Waals surface area contributed by atoms with E-state index in [1.807, 2.05) is 31.5 Å². The van der Waals surface area contributed by atoms with Crippen LogP contribution >= 0.6 is 15.9 Å². The number of hydrogen-bond acceptors (Lipinski definition) is 3. The lowest BCUT2D eigenvalue weighted by atomic mass is 10.1. The number of carbonyl (C=O) groups excluding carboxylic acids is 1. The molecule has 0 aliphatic carbocycles. The Hall–Kier alpha value is -2.15. The van der Waals surface area contributed by atoms with Gasteiger partial charge in [-0.3, -0.25) is 9.78 Å². The molecule has 2 N–H and O–H groups in total. The van der Waals surface area contributed by atoms with Crippen molar-refractivity contribution in [2.24, 2.45) is 0 Å². The second-order valence-electron chi connectivity index (χ2n) is 5.59. The van der Waals surface area contributed by atoms with E-state index < -0.39 is 6.03 Å². The molecule has 0 saturated carbocycles. The van der Waals surface area contributed by atoms with Crippen LogP contribution in [0.4, 0.5) is 10.5 Å². The number of nitrogens with one attached hydrogen (secondary N) is 2. The molecule has 0 saturated heterocycles. The normalized spacial score (nSPS) is 10.5. The van der Waals surface area contributed by atoms with Crippen LogP contribution < -0.4 is 16.1 Å². The number of carbonyl (C=O) groups is 1. The van der Waals surface area contributed by atoms with E-state index in [0.29, 0.717) is 24.0 Å². The third-order valence-electron chi connectivity index (χ3n) is 3.62. The van der Waals surface area contributed by atoms with Gasteiger partial charge in [0.1, 0.15) is 5.69 Å². The summed E-state index contributed by atoms with van der Waals surface area (Å²) in [5, 5.41) is 5.35. The highest BCUT2D eigenvalue weighted by atomic mass is 79.9. The minimum atomic E-state index is -0.405. The molecule has 2 amide bonds. The molecule has 2 heterocycles. The van der Waals surface area contributed by atoms with Crippen LogP contribution in [0, 0.1) is 13.8 Å². The Kier molecular flexibility index (Phi) is 6.14. The second-order valence-corrected chi connectivity index (χ2v) is 6.44. The Morgan fingerprint density at radius 3 is 2.75 bits per heavy atom. The van der Waals surface area contributed by atoms with Crippen molar-refractivity contribution in [3.8, 4) is 0 Å². The van der Waals surface area contributed by atoms with Gasteiger partial charge in [-0.15, -0.1) is 0 Å². The molecule has 0 bridgehead atoms. The molecule has 2 aromatic heterocycles. The Balaban J connectivity index is 1.94. The summed E-state index contributed by atoms with van der Waals surface area (Å²) in [6.07, 6.45) is 5.77. The van der Waals surface area contributed by atoms with Gasteiger partial charge in [0.25, 0.3) is 0 Å². The first-order valence-corrected chi connectivity index (χ1v) is 8.56. The lowest BCUT2D eigenvalue weighted by Crippen LogP contribution is -2.32. The van der Waals surface area contributed by atoms with Gasteiger partial charge in [0.05, 0.1) is 4.47 Å². The van der Waals surface area contributed by atoms with Crippen LogP contribution in [0.25, 0.3) is 0 Å². The molecule has 2 aromatic rings. The fraction of sp³-hybridized carbons (Fsp3) is 0.353. The zero-order valence-electron chi connectivity index (χ0n) is 14.0. The summed E-state index contributed by atoms with van der Waals surface area (Å²) < 4.78 is 2.24. The summed E-state index contributed by atoms with van der Waals surface area (Å²) in [5.74, 6) is 0. The highest BCUT2D eigenvalue weighted by Gasteiger charge is 2.09. The van der Waals surface area contributed by atoms with Gasteiger partial charge in [-0.05, 0) is 47.8 Å². The van der Waals surface area contributed by atoms with Crippen LogP contribution in [-0.4, -0.2) is 22.1 Å². The van der Waals surface area contributed by atoms with Crippen molar-refractivity contribution < 1.29 is 4.79 Å². The van der Waals surface area contributed by atoms with Crippen molar-refractivity contribution >= 4 is 27.6 Å². The second kappa shape index (κ2) is 8.10. The molecule has 128 valence electrons. The topological polar surface area (TPSA) is 76.0 Å². The smallest absolute Gasteiger partial charge is 0.319 e. The van der Waals surface area contributed by atoms with Gasteiger partial charge in [0.2, 0.25) is 5.43 Å². The molecular formula is C17H21BrN4O2. The van der Waals surface area contributed by atoms with Crippen LogP contribution in [-0.2, 0) is 13.0 Å². The molecule has 7 heteroatoms. The van der Waals surface area contributed by atoms with E-state index in [4.69, 9.17) is 0 Å². The summed E-state index contributed by atoms with van der Waals surface area (Å²) >= 11 is 3.21. The van der Waals surface area contributed by atoms with Crippen molar-refractivity contribution in [1.82, 2.24) is 14.9 Å². The van der Waals surface area contributed by atoms with Gasteiger partial charge >= 0.3 is 6.03 Å². The zero-order chi connectivity index (χ0) is 17.7. The van der Waals surface area contributed by atoms with Crippen LogP contribution in [0.2, 0.25) is 0 Å². The average molecular weight is 393 g/mol. The Labute approximate surface area is 149 Å². The lowest BCUT2D eigenvalue weighted by molar-refractivity contribution is 0.252. The number of nitrogens with zero attached hydrogens (tertiary/aromatic N) is 2. The van der Waals surface area contributed by atoms with E-state index in [9.17, 15) is 9.59 Å². The van der Waals surface area contributed by atoms with Crippen molar-refractivity contribution in [1.29, 1.82) is 0 Å². The molecule has 0 radical (unpaired) electrons. The van der Waals surface area contributed by atoms with Gasteiger partial charge in [-0.25, -0.2) is 4.79 Å². The van der Waals surface area contributed by atoms with E-state index in [1.54, 1.807) is 12.4 Å². The first-order chi connectivity index (χ1) is 11.4. The maximum absolute atomic E-state index is 12.0. The van der Waals surface area contributed by atoms with Crippen molar-refractivity contribution in [2.45, 2.75) is 33.7 Å². The third kappa shape index (κ3) is 4.67. The largest absolute Gasteiger partial charge is 0.351 e. The molecule has 6 nitrogen and oxygen atoms in total. The SMILES string of the molecule is CCn1cc(Br)c(=O)c(NC(=O)NCCc2ncc(C)cc2C)c1. The summed E-state index contributed by atoms with van der Waals surface area (Å²) in [6.45, 7) is 7.10. The molecule has 0 fully saturated rings. The van der Waals surface area contributed by atoms with Gasteiger partial charge in [0, 0.05) is 43.8 Å². The van der Waals surface area contributed by atoms with Crippen molar-refractivity contribution in [3.63, 3.8) is 0 Å². The first-order valence-electron chi connectivity index (χ1n) is 7.77. The molecule has 0 unspecified atom stereocenters. The number of aromatic nitrogens is 2. The number of halogens is 1. The van der Waals surface area contributed by atoms with Crippen LogP contribution in [0.3, 0.4) is 0 Å². The molecule has 24 heavy (non-hydrogen) atoms. The third-order valence-corrected chi connectivity index (χ3v) is 4.18. The fourth-order valence-corrected chi connectivity index (χ4v) is 2.81. The average Bonchev–Trinajstić information content (AvgIpc) is 2.53. The number of anilines is 1. The summed E-state index contributed by atoms with van der Waals surface area (Å²) in [5.41, 5.74) is 3.18. The number of hydrogen-bond donors (Lipinski definition) is 2. The zero-order valence-corrected chi connectivity index (χ0v) is 15.6. The first kappa shape index (κ1) is 18.2. The molecule has 2 rings (SSSR count). The summed E-state index contributed by atoms with van der Waals surface area (Å²) in [4.78, 5) is 28.4. The maximum Gasteiger partial charge on any atom is 0.319 e. The predicted octanol–water partition coefficient (Wildman–Crippen LogP) is 3.01. The van der Waals surface area contributed by atoms with Crippen LogP contribution in [0.15, 0.2) is 33.9 Å². The summed E-state index contributed by atoms with van der Waals surface area (Å²) in [7, 11) is 0. The fourth-order valence-electron chi connectivity index (χ4n) is 2.33. The molecule has 0 aliphatic rings. The standard InChI is InChI=1S/C17H21BrN4O2/c1-4-22-9-13(18)16(23)15(10-22)21-17(24)19-6-5-14-12(3)7-11(2)8-20-14/h7-10H,4-6H2,1-3H3,(H2,19,21,24). The van der Waals surface area contributed by atoms with E-state index in [1.165, 1.54) is 0 Å². The van der Waals surface area contributed by atoms with E-state index in [0.717, 1.165) is 16.8 Å². The van der Waals surface area contributed by atoms with Gasteiger partial charge in [-0.2, -0.15) is 0 Å². The van der Waals surface area contributed by atoms with E-state index in [-0.39, 0.29) is 11.1 Å². The number of rotatable bonds is 5. The van der Waals surface area contributed by atoms with Crippen LogP contribution in [0.1, 0.15) is 23.7 Å². The molecule has 0 aliphatic heterocycles. The van der Waals surface area contributed by atoms with Gasteiger partial charge in [-0.1, -0.05) is 6.07 Å². The highest BCUT2D eigenvalue weighted by molar-refractivity contribution is 9.10. The number of aryl methyl sites for hydroxylation is 3. The molecule has 0 atom stereocenters. The van der Waals surface area contributed by atoms with Gasteiger partial charge < -0.3 is 15.2 Å². The quantitative estimate of drug-likeness (QED) is 0.820. The molecule has 0 spiro atoms. The highest BCUT2D eigenvalue weighted by Crippen LogP contribution is 2.09. The number of amides is 2. The van der Waals surface area contributed by atoms with Gasteiger partial charge in [0.15, 0.2) is 0 Å². The number of urea groups is 1. The monoisotopic (exact) mass is 392 g/mol. The predicted molar refractivity (Wildman–Crippen MR) is 98.5 cm³/mol. The number of pyridine rings is 2. The lowest BCUT2D eigenvalue weighted by Gasteiger charge is -2.11. The Morgan fingerprint density at radius 2 is 2.08 bits per heavy atom. The maximum atomic E-state index is 12.0. The molecular weight excluding hydrogens is 372 g/mol. The van der Waals surface area contributed by atoms with Crippen molar-refractivity contribution in [3.05, 3.63) is 56.2 Å². The van der Waals surface area contributed by atoms with E-state index in [2.05, 4.69) is 37.6 Å². The Morgan fingerprint density at radius 1 is 1.33 bits per heavy atom. The van der Waals surface area contributed by atoms with Crippen molar-refractivity contribution in [2.75, 3.05) is 11.9 Å². The minimum absolute atomic E-state index is 0.244. The summed E-state index contributed by atoms with van der Waals surface area (Å²) in [6, 6.07) is 1.66. The van der Waals surface area contributed by atoms with E-state index >= 15 is 0 Å². The Bertz CT molecular complexity index is 802. The minimum Gasteiger partial charge on any atom is -0.351 e. The molecule has 0 aromatic carbocycles.